The summed E-state index contributed by atoms with van der Waals surface area (Å²) in [5.41, 5.74) is 2.09. The van der Waals surface area contributed by atoms with E-state index >= 15 is 0 Å². The largest absolute Gasteiger partial charge is 0.504 e. The molecule has 2 aliphatic heterocycles. The molecule has 1 saturated heterocycles. The molecule has 0 spiro atoms. The van der Waals surface area contributed by atoms with Gasteiger partial charge in [-0.15, -0.1) is 10.2 Å². The van der Waals surface area contributed by atoms with Crippen LogP contribution in [-0.4, -0.2) is 94.9 Å². The lowest BCUT2D eigenvalue weighted by atomic mass is 9.81. The van der Waals surface area contributed by atoms with Crippen LogP contribution in [-0.2, 0) is 22.5 Å². The third-order valence-electron chi connectivity index (χ3n) is 8.05. The number of carboxylic acids is 1. The van der Waals surface area contributed by atoms with Crippen LogP contribution in [0.25, 0.3) is 16.9 Å². The molecule has 3 aliphatic rings. The Morgan fingerprint density at radius 3 is 2.62 bits per heavy atom. The first-order chi connectivity index (χ1) is 19.3. The molecule has 210 valence electrons. The van der Waals surface area contributed by atoms with Crippen molar-refractivity contribution in [1.29, 1.82) is 0 Å². The van der Waals surface area contributed by atoms with Crippen molar-refractivity contribution in [2.45, 2.75) is 58.2 Å². The third kappa shape index (κ3) is 4.10. The molecule has 14 heteroatoms. The molecule has 2 N–H and O–H groups in total. The van der Waals surface area contributed by atoms with Crippen LogP contribution in [0.2, 0.25) is 0 Å². The number of fused-ring (bicyclic) bond motifs is 2. The number of aromatic hydroxyl groups is 1. The van der Waals surface area contributed by atoms with Crippen molar-refractivity contribution >= 4 is 34.4 Å². The predicted octanol–water partition coefficient (Wildman–Crippen LogP) is 0.799. The van der Waals surface area contributed by atoms with Gasteiger partial charge in [0.2, 0.25) is 5.43 Å². The van der Waals surface area contributed by atoms with Crippen LogP contribution in [0.15, 0.2) is 17.2 Å². The number of ether oxygens (including phenoxy) is 1. The van der Waals surface area contributed by atoms with Crippen molar-refractivity contribution in [2.24, 2.45) is 0 Å². The Labute approximate surface area is 228 Å². The van der Waals surface area contributed by atoms with Gasteiger partial charge in [0.1, 0.15) is 18.6 Å². The number of aryl methyl sites for hydroxylation is 1. The van der Waals surface area contributed by atoms with Gasteiger partial charge in [-0.25, -0.2) is 9.97 Å². The lowest BCUT2D eigenvalue weighted by Crippen LogP contribution is -2.67. The van der Waals surface area contributed by atoms with Crippen molar-refractivity contribution in [3.8, 4) is 5.75 Å². The number of aliphatic carboxylic acids is 1. The molecule has 1 amide bonds. The number of piperazine rings is 1. The highest BCUT2D eigenvalue weighted by Crippen LogP contribution is 2.38. The van der Waals surface area contributed by atoms with Crippen LogP contribution in [0.1, 0.15) is 48.1 Å². The van der Waals surface area contributed by atoms with Gasteiger partial charge in [0.05, 0.1) is 30.6 Å². The van der Waals surface area contributed by atoms with Crippen molar-refractivity contribution in [3.05, 3.63) is 39.7 Å². The van der Waals surface area contributed by atoms with E-state index in [2.05, 4.69) is 20.2 Å². The van der Waals surface area contributed by atoms with Crippen molar-refractivity contribution in [3.63, 3.8) is 0 Å². The standard InChI is InChI=1S/C26H30N8O6/c1-3-16-22(24(38)20-25(33(16)12-19(35)36)30-34(29-20)15-6-10-40-11-7-15)31-8-9-32(18-5-4-17(18)31)26(39)21-23(37)14(2)27-13-28-21/h6,13,17-18,37H,3-5,7-12H2,1-2H3,(H,35,36)/t17-,18-/m0/s1. The fraction of sp³-hybridized carbons (Fsp3) is 0.500. The Morgan fingerprint density at radius 2 is 1.95 bits per heavy atom. The SMILES string of the molecule is CCc1c(N2CCN(C(=O)c3ncnc(C)c3O)[C@H]3CC[C@@H]32)c(=O)c2nn(C3=CCOCC3)nc2n1CC(=O)O. The lowest BCUT2D eigenvalue weighted by molar-refractivity contribution is -0.137. The summed E-state index contributed by atoms with van der Waals surface area (Å²) >= 11 is 0. The second kappa shape index (κ2) is 10.0. The van der Waals surface area contributed by atoms with E-state index in [1.54, 1.807) is 16.4 Å². The molecule has 3 aromatic rings. The number of nitrogens with zero attached hydrogens (tertiary/aromatic N) is 8. The third-order valence-corrected chi connectivity index (χ3v) is 8.05. The molecule has 3 aromatic heterocycles. The van der Waals surface area contributed by atoms with Crippen LogP contribution >= 0.6 is 0 Å². The highest BCUT2D eigenvalue weighted by atomic mass is 16.5. The van der Waals surface area contributed by atoms with Crippen LogP contribution in [0, 0.1) is 6.92 Å². The molecular formula is C26H30N8O6. The summed E-state index contributed by atoms with van der Waals surface area (Å²) in [6.45, 7) is 4.70. The maximum atomic E-state index is 14.0. The van der Waals surface area contributed by atoms with Crippen LogP contribution < -0.4 is 10.3 Å². The predicted molar refractivity (Wildman–Crippen MR) is 142 cm³/mol. The van der Waals surface area contributed by atoms with Crippen molar-refractivity contribution < 1.29 is 24.5 Å². The number of anilines is 1. The average Bonchev–Trinajstić information content (AvgIpc) is 3.38. The molecule has 0 bridgehead atoms. The van der Waals surface area contributed by atoms with Crippen LogP contribution in [0.5, 0.6) is 5.75 Å². The van der Waals surface area contributed by atoms with Gasteiger partial charge in [0.15, 0.2) is 22.6 Å². The summed E-state index contributed by atoms with van der Waals surface area (Å²) in [4.78, 5) is 52.5. The van der Waals surface area contributed by atoms with E-state index in [0.29, 0.717) is 56.2 Å². The topological polar surface area (TPSA) is 169 Å². The van der Waals surface area contributed by atoms with Crippen molar-refractivity contribution in [2.75, 3.05) is 31.2 Å². The number of pyridine rings is 1. The van der Waals surface area contributed by atoms with E-state index in [-0.39, 0.29) is 52.6 Å². The molecule has 6 rings (SSSR count). The minimum Gasteiger partial charge on any atom is -0.504 e. The normalized spacial score (nSPS) is 20.7. The first kappa shape index (κ1) is 25.9. The van der Waals surface area contributed by atoms with Crippen LogP contribution in [0.4, 0.5) is 5.69 Å². The monoisotopic (exact) mass is 550 g/mol. The Bertz CT molecular complexity index is 1610. The molecule has 2 fully saturated rings. The zero-order chi connectivity index (χ0) is 28.1. The van der Waals surface area contributed by atoms with Gasteiger partial charge in [-0.1, -0.05) is 6.92 Å². The molecule has 0 radical (unpaired) electrons. The molecule has 14 nitrogen and oxygen atoms in total. The van der Waals surface area contributed by atoms with E-state index in [4.69, 9.17) is 4.74 Å². The average molecular weight is 551 g/mol. The summed E-state index contributed by atoms with van der Waals surface area (Å²) in [6, 6.07) is -0.337. The van der Waals surface area contributed by atoms with Crippen LogP contribution in [0.3, 0.4) is 0 Å². The molecule has 1 saturated carbocycles. The summed E-state index contributed by atoms with van der Waals surface area (Å²) in [7, 11) is 0. The number of rotatable bonds is 6. The molecule has 0 aromatic carbocycles. The molecular weight excluding hydrogens is 520 g/mol. The quantitative estimate of drug-likeness (QED) is 0.445. The van der Waals surface area contributed by atoms with Gasteiger partial charge in [-0.2, -0.15) is 4.80 Å². The maximum absolute atomic E-state index is 14.0. The Kier molecular flexibility index (Phi) is 6.49. The van der Waals surface area contributed by atoms with Gasteiger partial charge < -0.3 is 29.3 Å². The Balaban J connectivity index is 1.42. The van der Waals surface area contributed by atoms with Gasteiger partial charge in [0.25, 0.3) is 5.91 Å². The number of aromatic nitrogens is 6. The Morgan fingerprint density at radius 1 is 1.15 bits per heavy atom. The summed E-state index contributed by atoms with van der Waals surface area (Å²) in [6.07, 6.45) is 5.57. The van der Waals surface area contributed by atoms with E-state index in [1.807, 2.05) is 17.9 Å². The zero-order valence-corrected chi connectivity index (χ0v) is 22.3. The molecule has 5 heterocycles. The highest BCUT2D eigenvalue weighted by Gasteiger charge is 2.47. The second-order valence-electron chi connectivity index (χ2n) is 10.2. The number of amides is 1. The van der Waals surface area contributed by atoms with E-state index in [0.717, 1.165) is 18.5 Å². The lowest BCUT2D eigenvalue weighted by Gasteiger charge is -2.54. The Hall–Kier alpha value is -4.33. The van der Waals surface area contributed by atoms with Crippen molar-refractivity contribution in [1.82, 2.24) is 34.4 Å². The number of carbonyl (C=O) groups is 2. The van der Waals surface area contributed by atoms with Gasteiger partial charge in [-0.3, -0.25) is 14.4 Å². The van der Waals surface area contributed by atoms with Gasteiger partial charge in [0, 0.05) is 31.2 Å². The number of carboxylic acid groups (broad SMARTS) is 1. The van der Waals surface area contributed by atoms with E-state index < -0.39 is 5.97 Å². The minimum absolute atomic E-state index is 0.0369. The summed E-state index contributed by atoms with van der Waals surface area (Å²) in [5, 5.41) is 29.2. The van der Waals surface area contributed by atoms with Gasteiger partial charge in [-0.05, 0) is 32.3 Å². The first-order valence-electron chi connectivity index (χ1n) is 13.4. The number of carbonyl (C=O) groups excluding carboxylic acids is 1. The molecule has 2 atom stereocenters. The fourth-order valence-corrected chi connectivity index (χ4v) is 5.94. The van der Waals surface area contributed by atoms with E-state index in [1.165, 1.54) is 11.1 Å². The summed E-state index contributed by atoms with van der Waals surface area (Å²) in [5.74, 6) is -1.66. The van der Waals surface area contributed by atoms with E-state index in [9.17, 15) is 24.6 Å². The summed E-state index contributed by atoms with van der Waals surface area (Å²) < 4.78 is 6.95. The minimum atomic E-state index is -1.05. The first-order valence-corrected chi connectivity index (χ1v) is 13.4. The number of hydrogen-bond acceptors (Lipinski definition) is 10. The fourth-order valence-electron chi connectivity index (χ4n) is 5.94. The maximum Gasteiger partial charge on any atom is 0.323 e. The molecule has 40 heavy (non-hydrogen) atoms. The second-order valence-corrected chi connectivity index (χ2v) is 10.2. The number of hydrogen-bond donors (Lipinski definition) is 2. The molecule has 0 unspecified atom stereocenters. The van der Waals surface area contributed by atoms with Gasteiger partial charge >= 0.3 is 5.97 Å². The highest BCUT2D eigenvalue weighted by molar-refractivity contribution is 5.95. The molecule has 1 aliphatic carbocycles. The smallest absolute Gasteiger partial charge is 0.323 e. The zero-order valence-electron chi connectivity index (χ0n) is 22.3.